The van der Waals surface area contributed by atoms with E-state index in [1.54, 1.807) is 0 Å². The lowest BCUT2D eigenvalue weighted by molar-refractivity contribution is 0.103. The standard InChI is InChI=1S/C16H14Br2O/c1-9-4-12(8-13(17)5-9)16(19)14-6-11(3)15(18)7-10(14)2/h4-8H,1-3H3. The first-order valence-electron chi connectivity index (χ1n) is 5.97. The number of hydrogen-bond donors (Lipinski definition) is 0. The van der Waals surface area contributed by atoms with Gasteiger partial charge in [0, 0.05) is 20.1 Å². The smallest absolute Gasteiger partial charge is 0.193 e. The summed E-state index contributed by atoms with van der Waals surface area (Å²) in [5.74, 6) is 0.0671. The summed E-state index contributed by atoms with van der Waals surface area (Å²) in [5, 5.41) is 0. The number of rotatable bonds is 2. The normalized spacial score (nSPS) is 10.6. The van der Waals surface area contributed by atoms with Crippen LogP contribution in [0.1, 0.15) is 32.6 Å². The molecule has 0 fully saturated rings. The fourth-order valence-electron chi connectivity index (χ4n) is 2.05. The van der Waals surface area contributed by atoms with E-state index in [4.69, 9.17) is 0 Å². The number of carbonyl (C=O) groups is 1. The zero-order valence-electron chi connectivity index (χ0n) is 11.1. The predicted octanol–water partition coefficient (Wildman–Crippen LogP) is 5.37. The van der Waals surface area contributed by atoms with Crippen molar-refractivity contribution in [1.82, 2.24) is 0 Å². The molecule has 0 saturated heterocycles. The van der Waals surface area contributed by atoms with Gasteiger partial charge in [0.05, 0.1) is 0 Å². The van der Waals surface area contributed by atoms with Crippen LogP contribution in [0.15, 0.2) is 39.3 Å². The third kappa shape index (κ3) is 3.15. The zero-order chi connectivity index (χ0) is 14.2. The molecule has 0 aromatic heterocycles. The molecule has 2 aromatic carbocycles. The molecule has 0 N–H and O–H groups in total. The topological polar surface area (TPSA) is 17.1 Å². The maximum absolute atomic E-state index is 12.6. The molecule has 0 radical (unpaired) electrons. The molecule has 0 atom stereocenters. The van der Waals surface area contributed by atoms with Crippen molar-refractivity contribution in [2.45, 2.75) is 20.8 Å². The number of carbonyl (C=O) groups excluding carboxylic acids is 1. The summed E-state index contributed by atoms with van der Waals surface area (Å²) in [5.41, 5.74) is 4.61. The second-order valence-corrected chi connectivity index (χ2v) is 6.53. The van der Waals surface area contributed by atoms with Crippen molar-refractivity contribution in [2.75, 3.05) is 0 Å². The van der Waals surface area contributed by atoms with Gasteiger partial charge in [-0.3, -0.25) is 4.79 Å². The maximum atomic E-state index is 12.6. The Morgan fingerprint density at radius 3 is 2.21 bits per heavy atom. The Balaban J connectivity index is 2.53. The maximum Gasteiger partial charge on any atom is 0.193 e. The third-order valence-electron chi connectivity index (χ3n) is 3.05. The first-order chi connectivity index (χ1) is 8.88. The minimum Gasteiger partial charge on any atom is -0.289 e. The minimum atomic E-state index is 0.0671. The monoisotopic (exact) mass is 380 g/mol. The second kappa shape index (κ2) is 5.59. The lowest BCUT2D eigenvalue weighted by atomic mass is 9.96. The van der Waals surface area contributed by atoms with Crippen LogP contribution in [0.25, 0.3) is 0 Å². The average molecular weight is 382 g/mol. The Kier molecular flexibility index (Phi) is 4.26. The van der Waals surface area contributed by atoms with E-state index in [9.17, 15) is 4.79 Å². The van der Waals surface area contributed by atoms with E-state index < -0.39 is 0 Å². The summed E-state index contributed by atoms with van der Waals surface area (Å²) >= 11 is 6.93. The number of ketones is 1. The summed E-state index contributed by atoms with van der Waals surface area (Å²) in [4.78, 5) is 12.6. The molecule has 19 heavy (non-hydrogen) atoms. The molecule has 0 saturated carbocycles. The molecule has 2 rings (SSSR count). The Morgan fingerprint density at radius 1 is 0.895 bits per heavy atom. The van der Waals surface area contributed by atoms with E-state index in [0.717, 1.165) is 36.8 Å². The van der Waals surface area contributed by atoms with Crippen molar-refractivity contribution in [3.8, 4) is 0 Å². The predicted molar refractivity (Wildman–Crippen MR) is 85.9 cm³/mol. The highest BCUT2D eigenvalue weighted by Gasteiger charge is 2.14. The van der Waals surface area contributed by atoms with E-state index in [-0.39, 0.29) is 5.78 Å². The van der Waals surface area contributed by atoms with Crippen LogP contribution in [0, 0.1) is 20.8 Å². The van der Waals surface area contributed by atoms with Gasteiger partial charge >= 0.3 is 0 Å². The Bertz CT molecular complexity index is 640. The van der Waals surface area contributed by atoms with Gasteiger partial charge in [-0.05, 0) is 67.8 Å². The third-order valence-corrected chi connectivity index (χ3v) is 4.37. The van der Waals surface area contributed by atoms with Crippen LogP contribution in [0.3, 0.4) is 0 Å². The van der Waals surface area contributed by atoms with Crippen molar-refractivity contribution >= 4 is 37.6 Å². The van der Waals surface area contributed by atoms with Crippen molar-refractivity contribution in [3.63, 3.8) is 0 Å². The van der Waals surface area contributed by atoms with Crippen LogP contribution in [0.4, 0.5) is 0 Å². The fraction of sp³-hybridized carbons (Fsp3) is 0.188. The quantitative estimate of drug-likeness (QED) is 0.639. The van der Waals surface area contributed by atoms with Gasteiger partial charge in [0.1, 0.15) is 0 Å². The molecule has 0 unspecified atom stereocenters. The molecule has 98 valence electrons. The van der Waals surface area contributed by atoms with E-state index in [1.165, 1.54) is 0 Å². The summed E-state index contributed by atoms with van der Waals surface area (Å²) in [7, 11) is 0. The minimum absolute atomic E-state index is 0.0671. The lowest BCUT2D eigenvalue weighted by Gasteiger charge is -2.09. The van der Waals surface area contributed by atoms with E-state index in [2.05, 4.69) is 31.9 Å². The Hall–Kier alpha value is -0.930. The van der Waals surface area contributed by atoms with E-state index >= 15 is 0 Å². The van der Waals surface area contributed by atoms with Gasteiger partial charge in [0.15, 0.2) is 5.78 Å². The van der Waals surface area contributed by atoms with Crippen molar-refractivity contribution in [3.05, 3.63) is 67.1 Å². The van der Waals surface area contributed by atoms with Crippen molar-refractivity contribution < 1.29 is 4.79 Å². The molecular weight excluding hydrogens is 368 g/mol. The van der Waals surface area contributed by atoms with Crippen LogP contribution in [0.5, 0.6) is 0 Å². The van der Waals surface area contributed by atoms with Crippen LogP contribution in [0.2, 0.25) is 0 Å². The lowest BCUT2D eigenvalue weighted by Crippen LogP contribution is -2.05. The molecular formula is C16H14Br2O. The molecule has 0 heterocycles. The molecule has 0 aliphatic heterocycles. The van der Waals surface area contributed by atoms with Gasteiger partial charge in [-0.25, -0.2) is 0 Å². The largest absolute Gasteiger partial charge is 0.289 e. The number of halogens is 2. The van der Waals surface area contributed by atoms with Crippen molar-refractivity contribution in [2.24, 2.45) is 0 Å². The van der Waals surface area contributed by atoms with Gasteiger partial charge in [-0.1, -0.05) is 31.9 Å². The highest BCUT2D eigenvalue weighted by Crippen LogP contribution is 2.24. The first-order valence-corrected chi connectivity index (χ1v) is 7.55. The Morgan fingerprint density at radius 2 is 1.58 bits per heavy atom. The summed E-state index contributed by atoms with van der Waals surface area (Å²) in [6.45, 7) is 5.94. The Labute approximate surface area is 130 Å². The molecule has 0 amide bonds. The summed E-state index contributed by atoms with van der Waals surface area (Å²) in [6.07, 6.45) is 0. The van der Waals surface area contributed by atoms with Crippen LogP contribution in [-0.2, 0) is 0 Å². The number of aryl methyl sites for hydroxylation is 3. The fourth-order valence-corrected chi connectivity index (χ4v) is 3.11. The molecule has 3 heteroatoms. The van der Waals surface area contributed by atoms with Crippen LogP contribution >= 0.6 is 31.9 Å². The first kappa shape index (κ1) is 14.5. The van der Waals surface area contributed by atoms with Gasteiger partial charge in [-0.2, -0.15) is 0 Å². The zero-order valence-corrected chi connectivity index (χ0v) is 14.2. The summed E-state index contributed by atoms with van der Waals surface area (Å²) < 4.78 is 1.97. The second-order valence-electron chi connectivity index (χ2n) is 4.76. The molecule has 0 bridgehead atoms. The van der Waals surface area contributed by atoms with Gasteiger partial charge in [-0.15, -0.1) is 0 Å². The van der Waals surface area contributed by atoms with Gasteiger partial charge in [0.25, 0.3) is 0 Å². The van der Waals surface area contributed by atoms with Crippen LogP contribution in [-0.4, -0.2) is 5.78 Å². The number of benzene rings is 2. The average Bonchev–Trinajstić information content (AvgIpc) is 2.31. The number of hydrogen-bond acceptors (Lipinski definition) is 1. The van der Waals surface area contributed by atoms with E-state index in [0.29, 0.717) is 0 Å². The highest BCUT2D eigenvalue weighted by atomic mass is 79.9. The summed E-state index contributed by atoms with van der Waals surface area (Å²) in [6, 6.07) is 9.72. The van der Waals surface area contributed by atoms with Gasteiger partial charge < -0.3 is 0 Å². The van der Waals surface area contributed by atoms with Crippen LogP contribution < -0.4 is 0 Å². The SMILES string of the molecule is Cc1cc(Br)cc(C(=O)c2cc(C)c(Br)cc2C)c1. The molecule has 0 aliphatic carbocycles. The molecule has 2 aromatic rings. The van der Waals surface area contributed by atoms with Gasteiger partial charge in [0.2, 0.25) is 0 Å². The van der Waals surface area contributed by atoms with Crippen molar-refractivity contribution in [1.29, 1.82) is 0 Å². The highest BCUT2D eigenvalue weighted by molar-refractivity contribution is 9.10. The van der Waals surface area contributed by atoms with E-state index in [1.807, 2.05) is 51.1 Å². The molecule has 1 nitrogen and oxygen atoms in total. The molecule has 0 spiro atoms. The molecule has 0 aliphatic rings.